The second kappa shape index (κ2) is 32.8. The first kappa shape index (κ1) is 77.6. The molecule has 0 saturated carbocycles. The van der Waals surface area contributed by atoms with Crippen molar-refractivity contribution in [3.8, 4) is 119 Å². The molecule has 9 nitrogen and oxygen atoms in total. The van der Waals surface area contributed by atoms with Gasteiger partial charge in [-0.1, -0.05) is 376 Å². The molecule has 132 heavy (non-hydrogen) atoms. The van der Waals surface area contributed by atoms with E-state index in [-0.39, 0.29) is 0 Å². The van der Waals surface area contributed by atoms with Crippen molar-refractivity contribution in [1.29, 1.82) is 0 Å². The minimum Gasteiger partial charge on any atom is -0.278 e. The van der Waals surface area contributed by atoms with Crippen LogP contribution in [0.5, 0.6) is 0 Å². The molecular weight excluding hydrogens is 1660 g/mol. The first-order chi connectivity index (χ1) is 65.5. The predicted octanol–water partition coefficient (Wildman–Crippen LogP) is 32.8. The van der Waals surface area contributed by atoms with Crippen LogP contribution in [0.25, 0.3) is 244 Å². The molecule has 618 valence electrons. The summed E-state index contributed by atoms with van der Waals surface area (Å²) in [5, 5.41) is 14.7. The molecule has 0 saturated heterocycles. The smallest absolute Gasteiger partial charge is 0.235 e. The van der Waals surface area contributed by atoms with E-state index in [1.165, 1.54) is 137 Å². The molecule has 0 aliphatic rings. The molecule has 0 bridgehead atoms. The van der Waals surface area contributed by atoms with E-state index in [4.69, 9.17) is 29.9 Å². The standard InChI is InChI=1S/3C40H25N3S/c1-3-12-26(13-4-1)28-22-23-30-29-16-7-9-20-36(29)43(37(30)24-28)40-41-34(27-14-5-2-6-15-27)25-35(42-40)33-19-11-18-32-31-17-8-10-21-38(31)44-39(32)33;1-3-11-26(12-4-1)28-21-22-31-30-15-7-8-20-36(30)43(37(31)25-28)40-41-24-23-35(42-40)34-19-10-18-33-32-17-9-16-29(38(32)44-39(33)34)27-13-5-2-6-14-27;1-2-9-26(10-3-1)27-17-19-28(20-18-27)29-21-22-31-30-11-4-6-15-36(30)43(37(31)25-29)40-41-24-23-35(42-40)34-14-8-13-33-32-12-5-7-16-38(32)44-39(33)34/h3*1-25H. The Bertz CT molecular complexity index is 9150. The molecule has 18 aromatic carbocycles. The molecular formula is C120H75N9S3. The van der Waals surface area contributed by atoms with Crippen molar-refractivity contribution in [2.75, 3.05) is 0 Å². The lowest BCUT2D eigenvalue weighted by atomic mass is 9.99. The molecule has 12 heteroatoms. The molecule has 0 aliphatic heterocycles. The highest BCUT2D eigenvalue weighted by atomic mass is 32.1. The lowest BCUT2D eigenvalue weighted by molar-refractivity contribution is 0.992. The average molecular weight is 1740 g/mol. The van der Waals surface area contributed by atoms with Gasteiger partial charge in [0.15, 0.2) is 0 Å². The van der Waals surface area contributed by atoms with Crippen molar-refractivity contribution in [1.82, 2.24) is 43.6 Å². The summed E-state index contributed by atoms with van der Waals surface area (Å²) in [5.74, 6) is 2.00. The summed E-state index contributed by atoms with van der Waals surface area (Å²) in [4.78, 5) is 30.7. The highest BCUT2D eigenvalue weighted by Crippen LogP contribution is 2.48. The van der Waals surface area contributed by atoms with E-state index >= 15 is 0 Å². The van der Waals surface area contributed by atoms with E-state index < -0.39 is 0 Å². The third-order valence-corrected chi connectivity index (χ3v) is 29.2. The SMILES string of the molecule is c1ccc(-c2ccc(-c3ccc4c5ccccc5n(-c5nccc(-c6cccc7c6sc6ccccc67)n5)c4c3)cc2)cc1.c1ccc(-c2ccc3c4ccccc4n(-c4nc(-c5ccccc5)cc(-c5cccc6c5sc5ccccc56)n4)c3c2)cc1.c1ccc(-c2ccc3c4ccccc4n(-c4nccc(-c5cccc6c5sc5c(-c7ccccc7)cccc56)n4)c3c2)cc1. The lowest BCUT2D eigenvalue weighted by Crippen LogP contribution is -2.04. The van der Waals surface area contributed by atoms with Crippen LogP contribution in [-0.4, -0.2) is 43.6 Å². The Kier molecular flexibility index (Phi) is 19.3. The lowest BCUT2D eigenvalue weighted by Gasteiger charge is -2.12. The van der Waals surface area contributed by atoms with Crippen LogP contribution in [0.3, 0.4) is 0 Å². The van der Waals surface area contributed by atoms with E-state index in [9.17, 15) is 0 Å². The highest BCUT2D eigenvalue weighted by molar-refractivity contribution is 7.27. The molecule has 9 heterocycles. The number of hydrogen-bond acceptors (Lipinski definition) is 9. The number of nitrogens with zero attached hydrogens (tertiary/aromatic N) is 9. The molecule has 0 fully saturated rings. The molecule has 0 unspecified atom stereocenters. The predicted molar refractivity (Wildman–Crippen MR) is 557 cm³/mol. The molecule has 0 spiro atoms. The molecule has 9 aromatic heterocycles. The number of fused-ring (bicyclic) bond motifs is 18. The summed E-state index contributed by atoms with van der Waals surface area (Å²) >= 11 is 5.49. The first-order valence-electron chi connectivity index (χ1n) is 44.3. The molecule has 0 amide bonds. The monoisotopic (exact) mass is 1740 g/mol. The van der Waals surface area contributed by atoms with Gasteiger partial charge in [-0.2, -0.15) is 0 Å². The fourth-order valence-electron chi connectivity index (χ4n) is 19.2. The number of thiophene rings is 3. The maximum Gasteiger partial charge on any atom is 0.235 e. The van der Waals surface area contributed by atoms with Gasteiger partial charge in [0, 0.05) is 127 Å². The van der Waals surface area contributed by atoms with Crippen molar-refractivity contribution in [2.24, 2.45) is 0 Å². The Morgan fingerprint density at radius 1 is 0.159 bits per heavy atom. The maximum absolute atomic E-state index is 5.35. The van der Waals surface area contributed by atoms with Gasteiger partial charge >= 0.3 is 0 Å². The summed E-state index contributed by atoms with van der Waals surface area (Å²) in [7, 11) is 0. The van der Waals surface area contributed by atoms with Crippen LogP contribution in [0.2, 0.25) is 0 Å². The number of benzene rings is 18. The molecule has 27 rings (SSSR count). The van der Waals surface area contributed by atoms with Gasteiger partial charge < -0.3 is 0 Å². The van der Waals surface area contributed by atoms with Crippen LogP contribution in [0.15, 0.2) is 455 Å². The topological polar surface area (TPSA) is 92.1 Å². The van der Waals surface area contributed by atoms with E-state index in [0.29, 0.717) is 17.8 Å². The van der Waals surface area contributed by atoms with Gasteiger partial charge in [0.05, 0.1) is 55.9 Å². The third-order valence-electron chi connectivity index (χ3n) is 25.5. The van der Waals surface area contributed by atoms with Crippen molar-refractivity contribution >= 4 is 160 Å². The zero-order chi connectivity index (χ0) is 87.1. The minimum absolute atomic E-state index is 0.663. The second-order valence-electron chi connectivity index (χ2n) is 33.1. The Morgan fingerprint density at radius 2 is 0.439 bits per heavy atom. The van der Waals surface area contributed by atoms with Gasteiger partial charge in [-0.3, -0.25) is 13.7 Å². The van der Waals surface area contributed by atoms with E-state index in [0.717, 1.165) is 89.3 Å². The van der Waals surface area contributed by atoms with Crippen molar-refractivity contribution in [3.05, 3.63) is 455 Å². The average Bonchev–Trinajstić information content (AvgIpc) is 1.59. The highest BCUT2D eigenvalue weighted by Gasteiger charge is 2.25. The quantitative estimate of drug-likeness (QED) is 0.121. The van der Waals surface area contributed by atoms with E-state index in [1.54, 1.807) is 0 Å². The molecule has 0 atom stereocenters. The zero-order valence-corrected chi connectivity index (χ0v) is 73.5. The summed E-state index contributed by atoms with van der Waals surface area (Å²) in [6, 6.07) is 157. The van der Waals surface area contributed by atoms with Gasteiger partial charge in [0.1, 0.15) is 0 Å². The van der Waals surface area contributed by atoms with E-state index in [2.05, 4.69) is 438 Å². The normalized spacial score (nSPS) is 11.6. The fraction of sp³-hybridized carbons (Fsp3) is 0. The Hall–Kier alpha value is -16.7. The van der Waals surface area contributed by atoms with E-state index in [1.807, 2.05) is 64.6 Å². The van der Waals surface area contributed by atoms with Gasteiger partial charge in [0.25, 0.3) is 0 Å². The number of rotatable bonds is 12. The van der Waals surface area contributed by atoms with Crippen LogP contribution < -0.4 is 0 Å². The van der Waals surface area contributed by atoms with Crippen LogP contribution in [-0.2, 0) is 0 Å². The Labute approximate surface area is 771 Å². The summed E-state index contributed by atoms with van der Waals surface area (Å²) in [6.45, 7) is 0. The maximum atomic E-state index is 5.35. The molecule has 0 aliphatic carbocycles. The number of aromatic nitrogens is 9. The molecule has 0 N–H and O–H groups in total. The largest absolute Gasteiger partial charge is 0.278 e. The zero-order valence-electron chi connectivity index (χ0n) is 71.1. The number of hydrogen-bond donors (Lipinski definition) is 0. The third kappa shape index (κ3) is 13.7. The second-order valence-corrected chi connectivity index (χ2v) is 36.2. The van der Waals surface area contributed by atoms with Gasteiger partial charge in [-0.05, 0) is 122 Å². The summed E-state index contributed by atoms with van der Waals surface area (Å²) in [6.07, 6.45) is 3.78. The Balaban J connectivity index is 0.000000106. The van der Waals surface area contributed by atoms with Crippen LogP contribution >= 0.6 is 34.0 Å². The van der Waals surface area contributed by atoms with Crippen LogP contribution in [0.4, 0.5) is 0 Å². The summed E-state index contributed by atoms with van der Waals surface area (Å²) in [5.41, 5.74) is 26.6. The van der Waals surface area contributed by atoms with Gasteiger partial charge in [-0.25, -0.2) is 29.9 Å². The fourth-order valence-corrected chi connectivity index (χ4v) is 23.1. The number of para-hydroxylation sites is 3. The van der Waals surface area contributed by atoms with Crippen LogP contribution in [0, 0.1) is 0 Å². The Morgan fingerprint density at radius 3 is 0.871 bits per heavy atom. The van der Waals surface area contributed by atoms with Crippen molar-refractivity contribution < 1.29 is 0 Å². The summed E-state index contributed by atoms with van der Waals surface area (Å²) < 4.78 is 14.3. The first-order valence-corrected chi connectivity index (χ1v) is 46.7. The van der Waals surface area contributed by atoms with Crippen molar-refractivity contribution in [2.45, 2.75) is 0 Å². The minimum atomic E-state index is 0.663. The van der Waals surface area contributed by atoms with Gasteiger partial charge in [-0.15, -0.1) is 34.0 Å². The molecule has 0 radical (unpaired) electrons. The van der Waals surface area contributed by atoms with Crippen molar-refractivity contribution in [3.63, 3.8) is 0 Å². The van der Waals surface area contributed by atoms with Gasteiger partial charge in [0.2, 0.25) is 17.8 Å². The van der Waals surface area contributed by atoms with Crippen LogP contribution in [0.1, 0.15) is 0 Å². The molecule has 27 aromatic rings.